The van der Waals surface area contributed by atoms with Crippen LogP contribution in [0.3, 0.4) is 0 Å². The zero-order valence-electron chi connectivity index (χ0n) is 14.7. The monoisotopic (exact) mass is 445 g/mol. The van der Waals surface area contributed by atoms with Gasteiger partial charge in [-0.25, -0.2) is 13.6 Å². The van der Waals surface area contributed by atoms with Gasteiger partial charge in [0, 0.05) is 5.69 Å². The SMILES string of the molecule is N#CCNC(=O)[C@H]1O[C@@H](NC(=S)Nc2ccc(S(N)(=O)=O)cc2)[C@H](O)[C@@H](O)[C@@H]1O. The molecule has 12 nitrogen and oxygen atoms in total. The summed E-state index contributed by atoms with van der Waals surface area (Å²) in [4.78, 5) is 11.9. The maximum absolute atomic E-state index is 12.0. The van der Waals surface area contributed by atoms with Gasteiger partial charge in [-0.05, 0) is 36.5 Å². The predicted molar refractivity (Wildman–Crippen MR) is 102 cm³/mol. The topological polar surface area (TPSA) is 207 Å². The lowest BCUT2D eigenvalue weighted by Crippen LogP contribution is -2.65. The lowest BCUT2D eigenvalue weighted by molar-refractivity contribution is -0.223. The number of anilines is 1. The Morgan fingerprint density at radius 1 is 1.21 bits per heavy atom. The van der Waals surface area contributed by atoms with Gasteiger partial charge in [-0.3, -0.25) is 4.79 Å². The molecule has 158 valence electrons. The molecule has 0 spiro atoms. The van der Waals surface area contributed by atoms with E-state index in [1.807, 2.05) is 0 Å². The molecule has 1 amide bonds. The molecule has 1 aromatic carbocycles. The van der Waals surface area contributed by atoms with E-state index < -0.39 is 46.6 Å². The molecule has 5 atom stereocenters. The fourth-order valence-electron chi connectivity index (χ4n) is 2.47. The number of benzene rings is 1. The summed E-state index contributed by atoms with van der Waals surface area (Å²) in [6.45, 7) is -0.337. The first kappa shape index (κ1) is 22.9. The molecule has 0 aromatic heterocycles. The van der Waals surface area contributed by atoms with E-state index in [-0.39, 0.29) is 16.6 Å². The summed E-state index contributed by atoms with van der Waals surface area (Å²) < 4.78 is 27.8. The summed E-state index contributed by atoms with van der Waals surface area (Å²) in [6.07, 6.45) is -8.01. The molecular formula is C15H19N5O7S2. The highest BCUT2D eigenvalue weighted by Gasteiger charge is 2.46. The Hall–Kier alpha value is -2.38. The number of carbonyl (C=O) groups excluding carboxylic acids is 1. The molecule has 0 radical (unpaired) electrons. The maximum Gasteiger partial charge on any atom is 0.252 e. The van der Waals surface area contributed by atoms with Crippen LogP contribution in [0.25, 0.3) is 0 Å². The third-order valence-electron chi connectivity index (χ3n) is 3.93. The quantitative estimate of drug-likeness (QED) is 0.180. The first-order chi connectivity index (χ1) is 13.5. The molecule has 0 aliphatic carbocycles. The van der Waals surface area contributed by atoms with Crippen molar-refractivity contribution in [3.05, 3.63) is 24.3 Å². The number of primary sulfonamides is 1. The number of rotatable bonds is 5. The van der Waals surface area contributed by atoms with Crippen LogP contribution in [0.1, 0.15) is 0 Å². The molecule has 0 unspecified atom stereocenters. The second-order valence-electron chi connectivity index (χ2n) is 5.99. The predicted octanol–water partition coefficient (Wildman–Crippen LogP) is -2.93. The van der Waals surface area contributed by atoms with E-state index in [0.29, 0.717) is 5.69 Å². The third kappa shape index (κ3) is 5.81. The highest BCUT2D eigenvalue weighted by atomic mass is 32.2. The molecule has 2 rings (SSSR count). The van der Waals surface area contributed by atoms with Crippen LogP contribution in [0.15, 0.2) is 29.2 Å². The smallest absolute Gasteiger partial charge is 0.252 e. The number of thiocarbonyl (C=S) groups is 1. The number of carbonyl (C=O) groups is 1. The van der Waals surface area contributed by atoms with Gasteiger partial charge in [-0.1, -0.05) is 0 Å². The second kappa shape index (κ2) is 9.41. The molecule has 1 fully saturated rings. The zero-order chi connectivity index (χ0) is 21.8. The second-order valence-corrected chi connectivity index (χ2v) is 7.96. The van der Waals surface area contributed by atoms with Crippen molar-refractivity contribution in [1.29, 1.82) is 5.26 Å². The Labute approximate surface area is 171 Å². The highest BCUT2D eigenvalue weighted by molar-refractivity contribution is 7.89. The number of nitriles is 1. The van der Waals surface area contributed by atoms with Crippen LogP contribution in [-0.2, 0) is 19.6 Å². The van der Waals surface area contributed by atoms with Gasteiger partial charge in [-0.2, -0.15) is 5.26 Å². The number of sulfonamides is 1. The molecule has 1 heterocycles. The van der Waals surface area contributed by atoms with E-state index in [1.165, 1.54) is 24.3 Å². The fourth-order valence-corrected chi connectivity index (χ4v) is 3.22. The Bertz CT molecular complexity index is 903. The fraction of sp³-hybridized carbons (Fsp3) is 0.400. The Kier molecular flexibility index (Phi) is 7.43. The van der Waals surface area contributed by atoms with Crippen molar-refractivity contribution < 1.29 is 33.3 Å². The third-order valence-corrected chi connectivity index (χ3v) is 5.08. The number of ether oxygens (including phenoxy) is 1. The van der Waals surface area contributed by atoms with Crippen molar-refractivity contribution in [2.75, 3.05) is 11.9 Å². The normalized spacial score (nSPS) is 26.8. The van der Waals surface area contributed by atoms with Crippen LogP contribution in [0, 0.1) is 11.3 Å². The van der Waals surface area contributed by atoms with Crippen LogP contribution < -0.4 is 21.1 Å². The van der Waals surface area contributed by atoms with Crippen molar-refractivity contribution in [3.8, 4) is 6.07 Å². The molecule has 1 saturated heterocycles. The van der Waals surface area contributed by atoms with E-state index in [9.17, 15) is 28.5 Å². The first-order valence-corrected chi connectivity index (χ1v) is 10.0. The minimum absolute atomic E-state index is 0.0859. The van der Waals surface area contributed by atoms with Crippen LogP contribution in [0.4, 0.5) is 5.69 Å². The average Bonchev–Trinajstić information content (AvgIpc) is 2.66. The van der Waals surface area contributed by atoms with Gasteiger partial charge >= 0.3 is 0 Å². The number of aliphatic hydroxyl groups excluding tert-OH is 3. The van der Waals surface area contributed by atoms with E-state index in [4.69, 9.17) is 27.4 Å². The van der Waals surface area contributed by atoms with Gasteiger partial charge in [0.15, 0.2) is 17.4 Å². The highest BCUT2D eigenvalue weighted by Crippen LogP contribution is 2.20. The lowest BCUT2D eigenvalue weighted by Gasteiger charge is -2.40. The molecule has 1 aromatic rings. The minimum atomic E-state index is -3.85. The van der Waals surface area contributed by atoms with Gasteiger partial charge in [-0.15, -0.1) is 0 Å². The number of nitrogens with zero attached hydrogens (tertiary/aromatic N) is 1. The Morgan fingerprint density at radius 2 is 1.83 bits per heavy atom. The van der Waals surface area contributed by atoms with Crippen LogP contribution in [0.2, 0.25) is 0 Å². The van der Waals surface area contributed by atoms with Gasteiger partial charge in [0.1, 0.15) is 24.9 Å². The lowest BCUT2D eigenvalue weighted by atomic mass is 9.97. The standard InChI is InChI=1S/C15H19N5O7S2/c16-5-6-18-13(24)12-10(22)9(21)11(23)14(27-12)20-15(28)19-7-1-3-8(4-2-7)29(17,25)26/h1-4,9-12,14,21-23H,6H2,(H,18,24)(H2,17,25,26)(H2,19,20,28)/t9-,10-,11+,12-,14+/m0/s1. The zero-order valence-corrected chi connectivity index (χ0v) is 16.4. The van der Waals surface area contributed by atoms with Crippen molar-refractivity contribution in [2.24, 2.45) is 5.14 Å². The molecule has 14 heteroatoms. The number of amides is 1. The van der Waals surface area contributed by atoms with Crippen molar-refractivity contribution in [1.82, 2.24) is 10.6 Å². The Balaban J connectivity index is 2.04. The van der Waals surface area contributed by atoms with E-state index >= 15 is 0 Å². The first-order valence-electron chi connectivity index (χ1n) is 8.09. The van der Waals surface area contributed by atoms with Crippen molar-refractivity contribution >= 4 is 38.9 Å². The molecular weight excluding hydrogens is 426 g/mol. The molecule has 1 aliphatic heterocycles. The molecule has 0 bridgehead atoms. The number of nitrogens with one attached hydrogen (secondary N) is 3. The summed E-state index contributed by atoms with van der Waals surface area (Å²) in [5.41, 5.74) is 0.379. The van der Waals surface area contributed by atoms with Crippen molar-refractivity contribution in [3.63, 3.8) is 0 Å². The number of hydrogen-bond donors (Lipinski definition) is 7. The summed E-state index contributed by atoms with van der Waals surface area (Å²) in [5, 5.41) is 50.9. The van der Waals surface area contributed by atoms with Gasteiger partial charge < -0.3 is 36.0 Å². The van der Waals surface area contributed by atoms with Gasteiger partial charge in [0.05, 0.1) is 11.0 Å². The van der Waals surface area contributed by atoms with Gasteiger partial charge in [0.2, 0.25) is 10.0 Å². The van der Waals surface area contributed by atoms with E-state index in [1.54, 1.807) is 6.07 Å². The van der Waals surface area contributed by atoms with Crippen LogP contribution >= 0.6 is 12.2 Å². The number of hydrogen-bond acceptors (Lipinski definition) is 9. The number of aliphatic hydroxyl groups is 3. The summed E-state index contributed by atoms with van der Waals surface area (Å²) in [6, 6.07) is 6.97. The molecule has 1 aliphatic rings. The summed E-state index contributed by atoms with van der Waals surface area (Å²) in [5.74, 6) is -0.853. The summed E-state index contributed by atoms with van der Waals surface area (Å²) >= 11 is 5.07. The minimum Gasteiger partial charge on any atom is -0.387 e. The summed E-state index contributed by atoms with van der Waals surface area (Å²) in [7, 11) is -3.85. The molecule has 8 N–H and O–H groups in total. The molecule has 0 saturated carbocycles. The van der Waals surface area contributed by atoms with Crippen LogP contribution in [0.5, 0.6) is 0 Å². The Morgan fingerprint density at radius 3 is 2.38 bits per heavy atom. The average molecular weight is 445 g/mol. The molecule has 29 heavy (non-hydrogen) atoms. The van der Waals surface area contributed by atoms with Crippen LogP contribution in [-0.4, -0.2) is 71.9 Å². The van der Waals surface area contributed by atoms with E-state index in [0.717, 1.165) is 0 Å². The number of nitrogens with two attached hydrogens (primary N) is 1. The largest absolute Gasteiger partial charge is 0.387 e. The van der Waals surface area contributed by atoms with Crippen molar-refractivity contribution in [2.45, 2.75) is 35.5 Å². The maximum atomic E-state index is 12.0. The van der Waals surface area contributed by atoms with Gasteiger partial charge in [0.25, 0.3) is 5.91 Å². The van der Waals surface area contributed by atoms with E-state index in [2.05, 4.69) is 16.0 Å².